The monoisotopic (exact) mass is 299 g/mol. The van der Waals surface area contributed by atoms with Crippen molar-refractivity contribution in [2.45, 2.75) is 45.6 Å². The van der Waals surface area contributed by atoms with Crippen molar-refractivity contribution < 1.29 is 19.5 Å². The van der Waals surface area contributed by atoms with Crippen molar-refractivity contribution in [1.82, 2.24) is 16.0 Å². The van der Waals surface area contributed by atoms with Crippen molar-refractivity contribution in [3.63, 3.8) is 0 Å². The molecule has 1 rings (SSSR count). The Labute approximate surface area is 124 Å². The number of urea groups is 1. The summed E-state index contributed by atoms with van der Waals surface area (Å²) in [4.78, 5) is 33.5. The van der Waals surface area contributed by atoms with E-state index in [0.29, 0.717) is 25.4 Å². The van der Waals surface area contributed by atoms with E-state index in [-0.39, 0.29) is 30.3 Å². The highest BCUT2D eigenvalue weighted by molar-refractivity contribution is 5.79. The number of rotatable bonds is 8. The minimum Gasteiger partial charge on any atom is -0.481 e. The molecule has 21 heavy (non-hydrogen) atoms. The highest BCUT2D eigenvalue weighted by Gasteiger charge is 2.21. The number of hydrogen-bond acceptors (Lipinski definition) is 3. The lowest BCUT2D eigenvalue weighted by atomic mass is 9.94. The Bertz CT molecular complexity index is 384. The zero-order valence-electron chi connectivity index (χ0n) is 12.6. The van der Waals surface area contributed by atoms with Gasteiger partial charge in [0.25, 0.3) is 0 Å². The maximum Gasteiger partial charge on any atom is 0.314 e. The first-order chi connectivity index (χ1) is 9.86. The largest absolute Gasteiger partial charge is 0.481 e. The van der Waals surface area contributed by atoms with Crippen LogP contribution in [0.1, 0.15) is 39.5 Å². The molecule has 2 atom stereocenters. The van der Waals surface area contributed by atoms with Crippen LogP contribution in [0, 0.1) is 11.8 Å². The highest BCUT2D eigenvalue weighted by atomic mass is 16.4. The first-order valence-corrected chi connectivity index (χ1v) is 7.39. The van der Waals surface area contributed by atoms with Gasteiger partial charge < -0.3 is 21.1 Å². The molecule has 4 N–H and O–H groups in total. The molecule has 1 aliphatic rings. The number of carboxylic acids is 1. The Balaban J connectivity index is 2.25. The zero-order valence-corrected chi connectivity index (χ0v) is 12.6. The minimum atomic E-state index is -0.850. The summed E-state index contributed by atoms with van der Waals surface area (Å²) in [5.74, 6) is -0.524. The molecule has 0 saturated carbocycles. The number of amides is 3. The fourth-order valence-electron chi connectivity index (χ4n) is 2.50. The van der Waals surface area contributed by atoms with E-state index in [1.807, 2.05) is 13.8 Å². The van der Waals surface area contributed by atoms with E-state index >= 15 is 0 Å². The molecular formula is C14H25N3O4. The lowest BCUT2D eigenvalue weighted by Crippen LogP contribution is -2.44. The SMILES string of the molecule is CC(C)C[C@H](CNC(=O)NCC1CCC(=O)N1)CC(=O)O. The Hall–Kier alpha value is -1.79. The second-order valence-corrected chi connectivity index (χ2v) is 5.99. The fraction of sp³-hybridized carbons (Fsp3) is 0.786. The van der Waals surface area contributed by atoms with Crippen molar-refractivity contribution in [1.29, 1.82) is 0 Å². The molecule has 1 heterocycles. The van der Waals surface area contributed by atoms with Crippen LogP contribution in [-0.2, 0) is 9.59 Å². The molecule has 0 bridgehead atoms. The average Bonchev–Trinajstić information content (AvgIpc) is 2.78. The fourth-order valence-corrected chi connectivity index (χ4v) is 2.50. The predicted molar refractivity (Wildman–Crippen MR) is 77.8 cm³/mol. The Morgan fingerprint density at radius 2 is 2.10 bits per heavy atom. The third-order valence-electron chi connectivity index (χ3n) is 3.41. The van der Waals surface area contributed by atoms with Crippen LogP contribution in [-0.4, -0.2) is 42.1 Å². The van der Waals surface area contributed by atoms with Gasteiger partial charge in [-0.1, -0.05) is 13.8 Å². The third-order valence-corrected chi connectivity index (χ3v) is 3.41. The minimum absolute atomic E-state index is 0.00581. The van der Waals surface area contributed by atoms with Crippen LogP contribution >= 0.6 is 0 Å². The summed E-state index contributed by atoms with van der Waals surface area (Å²) in [5, 5.41) is 17.0. The summed E-state index contributed by atoms with van der Waals surface area (Å²) < 4.78 is 0. The standard InChI is InChI=1S/C14H25N3O4/c1-9(2)5-10(6-13(19)20)7-15-14(21)16-8-11-3-4-12(18)17-11/h9-11H,3-8H2,1-2H3,(H,17,18)(H,19,20)(H2,15,16,21)/t10-,11?/m0/s1. The average molecular weight is 299 g/mol. The van der Waals surface area contributed by atoms with Gasteiger partial charge in [-0.05, 0) is 24.7 Å². The first-order valence-electron chi connectivity index (χ1n) is 7.39. The molecule has 0 spiro atoms. The lowest BCUT2D eigenvalue weighted by Gasteiger charge is -2.18. The van der Waals surface area contributed by atoms with Gasteiger partial charge in [-0.2, -0.15) is 0 Å². The van der Waals surface area contributed by atoms with Gasteiger partial charge in [0.2, 0.25) is 5.91 Å². The normalized spacial score (nSPS) is 19.2. The molecule has 0 radical (unpaired) electrons. The van der Waals surface area contributed by atoms with E-state index in [2.05, 4.69) is 16.0 Å². The third kappa shape index (κ3) is 7.53. The van der Waals surface area contributed by atoms with Crippen LogP contribution in [0.2, 0.25) is 0 Å². The Morgan fingerprint density at radius 3 is 2.62 bits per heavy atom. The molecular weight excluding hydrogens is 274 g/mol. The van der Waals surface area contributed by atoms with E-state index < -0.39 is 5.97 Å². The van der Waals surface area contributed by atoms with Crippen molar-refractivity contribution in [2.75, 3.05) is 13.1 Å². The second kappa shape index (κ2) is 8.49. The number of carboxylic acid groups (broad SMARTS) is 1. The number of carbonyl (C=O) groups excluding carboxylic acids is 2. The van der Waals surface area contributed by atoms with E-state index in [1.165, 1.54) is 0 Å². The quantitative estimate of drug-likeness (QED) is 0.529. The van der Waals surface area contributed by atoms with Gasteiger partial charge >= 0.3 is 12.0 Å². The molecule has 0 aromatic heterocycles. The Morgan fingerprint density at radius 1 is 1.38 bits per heavy atom. The van der Waals surface area contributed by atoms with Crippen molar-refractivity contribution in [2.24, 2.45) is 11.8 Å². The van der Waals surface area contributed by atoms with Crippen LogP contribution in [0.15, 0.2) is 0 Å². The summed E-state index contributed by atoms with van der Waals surface area (Å²) in [6.45, 7) is 4.79. The van der Waals surface area contributed by atoms with Gasteiger partial charge in [0.1, 0.15) is 0 Å². The summed E-state index contributed by atoms with van der Waals surface area (Å²) >= 11 is 0. The van der Waals surface area contributed by atoms with E-state index in [4.69, 9.17) is 5.11 Å². The topological polar surface area (TPSA) is 108 Å². The van der Waals surface area contributed by atoms with Crippen molar-refractivity contribution in [3.8, 4) is 0 Å². The van der Waals surface area contributed by atoms with Crippen LogP contribution in [0.5, 0.6) is 0 Å². The van der Waals surface area contributed by atoms with Gasteiger partial charge in [0.05, 0.1) is 0 Å². The molecule has 3 amide bonds. The van der Waals surface area contributed by atoms with E-state index in [1.54, 1.807) is 0 Å². The summed E-state index contributed by atoms with van der Waals surface area (Å²) in [6.07, 6.45) is 2.04. The molecule has 1 aliphatic heterocycles. The lowest BCUT2D eigenvalue weighted by molar-refractivity contribution is -0.138. The second-order valence-electron chi connectivity index (χ2n) is 5.99. The summed E-state index contributed by atoms with van der Waals surface area (Å²) in [6, 6.07) is -0.330. The molecule has 1 unspecified atom stereocenters. The molecule has 7 heteroatoms. The molecule has 1 saturated heterocycles. The van der Waals surface area contributed by atoms with Crippen LogP contribution in [0.25, 0.3) is 0 Å². The summed E-state index contributed by atoms with van der Waals surface area (Å²) in [5.41, 5.74) is 0. The smallest absolute Gasteiger partial charge is 0.314 e. The van der Waals surface area contributed by atoms with E-state index in [9.17, 15) is 14.4 Å². The summed E-state index contributed by atoms with van der Waals surface area (Å²) in [7, 11) is 0. The number of carbonyl (C=O) groups is 3. The van der Waals surface area contributed by atoms with Gasteiger partial charge in [-0.25, -0.2) is 4.79 Å². The number of hydrogen-bond donors (Lipinski definition) is 4. The maximum atomic E-state index is 11.7. The van der Waals surface area contributed by atoms with Gasteiger partial charge in [0.15, 0.2) is 0 Å². The molecule has 120 valence electrons. The first kappa shape index (κ1) is 17.3. The number of aliphatic carboxylic acids is 1. The molecule has 0 aromatic carbocycles. The highest BCUT2D eigenvalue weighted by Crippen LogP contribution is 2.14. The van der Waals surface area contributed by atoms with Gasteiger partial charge in [-0.15, -0.1) is 0 Å². The van der Waals surface area contributed by atoms with Crippen LogP contribution in [0.4, 0.5) is 4.79 Å². The van der Waals surface area contributed by atoms with Crippen LogP contribution < -0.4 is 16.0 Å². The zero-order chi connectivity index (χ0) is 15.8. The van der Waals surface area contributed by atoms with E-state index in [0.717, 1.165) is 12.8 Å². The molecule has 0 aromatic rings. The number of nitrogens with one attached hydrogen (secondary N) is 3. The van der Waals surface area contributed by atoms with Gasteiger partial charge in [0, 0.05) is 32.0 Å². The predicted octanol–water partition coefficient (Wildman–Crippen LogP) is 0.701. The van der Waals surface area contributed by atoms with Crippen LogP contribution in [0.3, 0.4) is 0 Å². The maximum absolute atomic E-state index is 11.7. The molecule has 0 aliphatic carbocycles. The molecule has 1 fully saturated rings. The van der Waals surface area contributed by atoms with Gasteiger partial charge in [-0.3, -0.25) is 9.59 Å². The van der Waals surface area contributed by atoms with Crippen molar-refractivity contribution >= 4 is 17.9 Å². The Kier molecular flexibility index (Phi) is 6.98. The molecule has 7 nitrogen and oxygen atoms in total. The van der Waals surface area contributed by atoms with Crippen molar-refractivity contribution in [3.05, 3.63) is 0 Å².